The number of hydrogen-bond acceptors (Lipinski definition) is 3. The number of rotatable bonds is 6. The summed E-state index contributed by atoms with van der Waals surface area (Å²) in [5, 5.41) is 5.72. The number of ether oxygens (including phenoxy) is 1. The predicted octanol–water partition coefficient (Wildman–Crippen LogP) is 4.20. The largest absolute Gasteiger partial charge is 0.444 e. The summed E-state index contributed by atoms with van der Waals surface area (Å²) in [5.41, 5.74) is 1.34. The molecule has 2 rings (SSSR count). The van der Waals surface area contributed by atoms with E-state index in [1.165, 1.54) is 0 Å². The van der Waals surface area contributed by atoms with E-state index >= 15 is 0 Å². The van der Waals surface area contributed by atoms with Gasteiger partial charge in [0.1, 0.15) is 11.6 Å². The number of carbonyl (C=O) groups excluding carboxylic acids is 2. The van der Waals surface area contributed by atoms with Crippen molar-refractivity contribution in [3.8, 4) is 0 Å². The van der Waals surface area contributed by atoms with E-state index < -0.39 is 17.7 Å². The Morgan fingerprint density at radius 3 is 1.78 bits per heavy atom. The number of amides is 2. The minimum atomic E-state index is -0.672. The molecule has 1 atom stereocenters. The second-order valence-corrected chi connectivity index (χ2v) is 7.37. The molecule has 0 unspecified atom stereocenters. The van der Waals surface area contributed by atoms with E-state index in [1.54, 1.807) is 20.8 Å². The Labute approximate surface area is 161 Å². The molecule has 0 aliphatic heterocycles. The van der Waals surface area contributed by atoms with Crippen LogP contribution in [0.15, 0.2) is 60.7 Å². The fraction of sp³-hybridized carbons (Fsp3) is 0.364. The minimum Gasteiger partial charge on any atom is -0.444 e. The van der Waals surface area contributed by atoms with Gasteiger partial charge in [-0.2, -0.15) is 0 Å². The zero-order valence-electron chi connectivity index (χ0n) is 16.4. The van der Waals surface area contributed by atoms with Gasteiger partial charge in [-0.3, -0.25) is 4.79 Å². The van der Waals surface area contributed by atoms with Crippen LogP contribution in [0.1, 0.15) is 51.3 Å². The molecule has 0 aliphatic rings. The molecule has 0 aliphatic carbocycles. The van der Waals surface area contributed by atoms with E-state index in [-0.39, 0.29) is 11.9 Å². The highest BCUT2D eigenvalue weighted by atomic mass is 16.6. The third kappa shape index (κ3) is 6.44. The zero-order valence-corrected chi connectivity index (χ0v) is 16.4. The lowest BCUT2D eigenvalue weighted by atomic mass is 9.98. The first kappa shape index (κ1) is 20.5. The van der Waals surface area contributed by atoms with Crippen LogP contribution in [-0.2, 0) is 9.53 Å². The number of hydrogen-bond donors (Lipinski definition) is 2. The lowest BCUT2D eigenvalue weighted by molar-refractivity contribution is -0.123. The molecule has 144 valence electrons. The van der Waals surface area contributed by atoms with Crippen LogP contribution >= 0.6 is 0 Å². The second kappa shape index (κ2) is 9.21. The van der Waals surface area contributed by atoms with Gasteiger partial charge < -0.3 is 15.4 Å². The Bertz CT molecular complexity index is 700. The van der Waals surface area contributed by atoms with Crippen molar-refractivity contribution in [1.82, 2.24) is 10.6 Å². The number of nitrogens with one attached hydrogen (secondary N) is 2. The topological polar surface area (TPSA) is 67.4 Å². The van der Waals surface area contributed by atoms with Gasteiger partial charge in [-0.1, -0.05) is 67.6 Å². The van der Waals surface area contributed by atoms with Crippen molar-refractivity contribution in [2.24, 2.45) is 0 Å². The average molecular weight is 368 g/mol. The SMILES string of the molecule is CC[C@H](NC(=O)OC(C)(C)C)C(=O)NC(c1ccccc1)c1ccccc1. The molecule has 0 heterocycles. The summed E-state index contributed by atoms with van der Waals surface area (Å²) in [6, 6.07) is 18.5. The van der Waals surface area contributed by atoms with Gasteiger partial charge in [-0.15, -0.1) is 0 Å². The molecule has 27 heavy (non-hydrogen) atoms. The Hall–Kier alpha value is -2.82. The fourth-order valence-electron chi connectivity index (χ4n) is 2.70. The molecule has 0 spiro atoms. The van der Waals surface area contributed by atoms with E-state index in [1.807, 2.05) is 67.6 Å². The summed E-state index contributed by atoms with van der Waals surface area (Å²) in [6.07, 6.45) is -0.137. The zero-order chi connectivity index (χ0) is 19.9. The van der Waals surface area contributed by atoms with Crippen molar-refractivity contribution in [3.63, 3.8) is 0 Å². The first-order chi connectivity index (χ1) is 12.8. The molecule has 2 aromatic rings. The summed E-state index contributed by atoms with van der Waals surface area (Å²) in [6.45, 7) is 7.21. The Morgan fingerprint density at radius 2 is 1.37 bits per heavy atom. The Morgan fingerprint density at radius 1 is 0.889 bits per heavy atom. The van der Waals surface area contributed by atoms with Crippen molar-refractivity contribution >= 4 is 12.0 Å². The molecular weight excluding hydrogens is 340 g/mol. The van der Waals surface area contributed by atoms with Gasteiger partial charge in [0.25, 0.3) is 0 Å². The molecule has 5 nitrogen and oxygen atoms in total. The lowest BCUT2D eigenvalue weighted by Gasteiger charge is -2.25. The maximum Gasteiger partial charge on any atom is 0.408 e. The quantitative estimate of drug-likeness (QED) is 0.803. The van der Waals surface area contributed by atoms with E-state index in [0.717, 1.165) is 11.1 Å². The molecule has 0 fully saturated rings. The molecule has 2 N–H and O–H groups in total. The summed E-state index contributed by atoms with van der Waals surface area (Å²) in [5.74, 6) is -0.249. The number of benzene rings is 2. The van der Waals surface area contributed by atoms with Crippen molar-refractivity contribution in [2.75, 3.05) is 0 Å². The highest BCUT2D eigenvalue weighted by Gasteiger charge is 2.25. The van der Waals surface area contributed by atoms with Gasteiger partial charge in [0.05, 0.1) is 6.04 Å². The Balaban J connectivity index is 2.16. The Kier molecular flexibility index (Phi) is 6.99. The van der Waals surface area contributed by atoms with E-state index in [2.05, 4.69) is 10.6 Å². The highest BCUT2D eigenvalue weighted by Crippen LogP contribution is 2.22. The molecule has 0 aromatic heterocycles. The summed E-state index contributed by atoms with van der Waals surface area (Å²) < 4.78 is 5.26. The van der Waals surface area contributed by atoms with Crippen LogP contribution in [0, 0.1) is 0 Å². The summed E-state index contributed by atoms with van der Waals surface area (Å²) in [7, 11) is 0. The van der Waals surface area contributed by atoms with Gasteiger partial charge in [-0.25, -0.2) is 4.79 Å². The van der Waals surface area contributed by atoms with Crippen LogP contribution in [0.4, 0.5) is 4.79 Å². The smallest absolute Gasteiger partial charge is 0.408 e. The van der Waals surface area contributed by atoms with Crippen LogP contribution in [0.2, 0.25) is 0 Å². The lowest BCUT2D eigenvalue weighted by Crippen LogP contribution is -2.48. The van der Waals surface area contributed by atoms with Crippen LogP contribution in [0.3, 0.4) is 0 Å². The van der Waals surface area contributed by atoms with E-state index in [9.17, 15) is 9.59 Å². The van der Waals surface area contributed by atoms with Crippen LogP contribution < -0.4 is 10.6 Å². The van der Waals surface area contributed by atoms with E-state index in [0.29, 0.717) is 6.42 Å². The predicted molar refractivity (Wildman–Crippen MR) is 106 cm³/mol. The summed E-state index contributed by atoms with van der Waals surface area (Å²) in [4.78, 5) is 24.9. The maximum absolute atomic E-state index is 12.9. The second-order valence-electron chi connectivity index (χ2n) is 7.37. The molecule has 2 aromatic carbocycles. The van der Waals surface area contributed by atoms with Crippen LogP contribution in [0.5, 0.6) is 0 Å². The molecular formula is C22H28N2O3. The fourth-order valence-corrected chi connectivity index (χ4v) is 2.70. The summed E-state index contributed by atoms with van der Waals surface area (Å²) >= 11 is 0. The third-order valence-corrected chi connectivity index (χ3v) is 3.97. The highest BCUT2D eigenvalue weighted by molar-refractivity contribution is 5.86. The van der Waals surface area contributed by atoms with Gasteiger partial charge in [0.15, 0.2) is 0 Å². The molecule has 2 amide bonds. The molecule has 0 saturated heterocycles. The van der Waals surface area contributed by atoms with Crippen molar-refractivity contribution in [3.05, 3.63) is 71.8 Å². The monoisotopic (exact) mass is 368 g/mol. The van der Waals surface area contributed by atoms with Gasteiger partial charge >= 0.3 is 6.09 Å². The van der Waals surface area contributed by atoms with Gasteiger partial charge in [-0.05, 0) is 38.3 Å². The number of alkyl carbamates (subject to hydrolysis) is 1. The minimum absolute atomic E-state index is 0.249. The molecule has 5 heteroatoms. The van der Waals surface area contributed by atoms with Crippen molar-refractivity contribution in [1.29, 1.82) is 0 Å². The van der Waals surface area contributed by atoms with Gasteiger partial charge in [0.2, 0.25) is 5.91 Å². The third-order valence-electron chi connectivity index (χ3n) is 3.97. The van der Waals surface area contributed by atoms with Crippen molar-refractivity contribution < 1.29 is 14.3 Å². The first-order valence-electron chi connectivity index (χ1n) is 9.20. The standard InChI is InChI=1S/C22H28N2O3/c1-5-18(23-21(26)27-22(2,3)4)20(25)24-19(16-12-8-6-9-13-16)17-14-10-7-11-15-17/h6-15,18-19H,5H2,1-4H3,(H,23,26)(H,24,25)/t18-/m0/s1. The average Bonchev–Trinajstić information content (AvgIpc) is 2.64. The van der Waals surface area contributed by atoms with Gasteiger partial charge in [0, 0.05) is 0 Å². The number of carbonyl (C=O) groups is 2. The van der Waals surface area contributed by atoms with Crippen molar-refractivity contribution in [2.45, 2.75) is 51.8 Å². The van der Waals surface area contributed by atoms with Crippen LogP contribution in [-0.4, -0.2) is 23.6 Å². The van der Waals surface area contributed by atoms with Crippen LogP contribution in [0.25, 0.3) is 0 Å². The molecule has 0 radical (unpaired) electrons. The van der Waals surface area contributed by atoms with E-state index in [4.69, 9.17) is 4.74 Å². The molecule has 0 bridgehead atoms. The molecule has 0 saturated carbocycles. The first-order valence-corrected chi connectivity index (χ1v) is 9.20. The maximum atomic E-state index is 12.9. The normalized spacial score (nSPS) is 12.3.